The molecule has 4 rings (SSSR count). The minimum absolute atomic E-state index is 0.234. The first-order valence-corrected chi connectivity index (χ1v) is 10.6. The molecule has 1 fully saturated rings. The number of hydrogen-bond donors (Lipinski definition) is 1. The molecule has 0 aliphatic carbocycles. The van der Waals surface area contributed by atoms with Gasteiger partial charge in [-0.25, -0.2) is 4.79 Å². The monoisotopic (exact) mass is 426 g/mol. The molecule has 30 heavy (non-hydrogen) atoms. The van der Waals surface area contributed by atoms with Gasteiger partial charge in [-0.3, -0.25) is 14.9 Å². The molecule has 7 nitrogen and oxygen atoms in total. The van der Waals surface area contributed by atoms with Crippen molar-refractivity contribution >= 4 is 34.6 Å². The van der Waals surface area contributed by atoms with E-state index in [0.717, 1.165) is 47.3 Å². The number of esters is 1. The van der Waals surface area contributed by atoms with E-state index >= 15 is 0 Å². The van der Waals surface area contributed by atoms with Crippen molar-refractivity contribution in [2.24, 2.45) is 0 Å². The largest absolute Gasteiger partial charge is 0.492 e. The zero-order valence-corrected chi connectivity index (χ0v) is 17.4. The van der Waals surface area contributed by atoms with E-state index < -0.39 is 0 Å². The number of nitrogens with one attached hydrogen (secondary N) is 1. The maximum Gasteiger partial charge on any atom is 0.339 e. The van der Waals surface area contributed by atoms with Crippen molar-refractivity contribution in [3.05, 3.63) is 59.2 Å². The molecular weight excluding hydrogens is 404 g/mol. The molecule has 0 aromatic heterocycles. The second-order valence-corrected chi connectivity index (χ2v) is 8.30. The van der Waals surface area contributed by atoms with E-state index in [0.29, 0.717) is 25.1 Å². The topological polar surface area (TPSA) is 84.9 Å². The third-order valence-electron chi connectivity index (χ3n) is 5.23. The van der Waals surface area contributed by atoms with Crippen LogP contribution in [0.5, 0.6) is 5.75 Å². The first-order chi connectivity index (χ1) is 14.5. The van der Waals surface area contributed by atoms with Gasteiger partial charge >= 0.3 is 5.97 Å². The van der Waals surface area contributed by atoms with Gasteiger partial charge in [-0.15, -0.1) is 0 Å². The van der Waals surface area contributed by atoms with Crippen LogP contribution in [0.2, 0.25) is 0 Å². The van der Waals surface area contributed by atoms with Crippen LogP contribution in [0.25, 0.3) is 0 Å². The minimum Gasteiger partial charge on any atom is -0.492 e. The number of para-hydroxylation sites is 1. The van der Waals surface area contributed by atoms with E-state index in [2.05, 4.69) is 10.2 Å². The number of nitrogens with zero attached hydrogens (tertiary/aromatic N) is 1. The average Bonchev–Trinajstić information content (AvgIpc) is 3.31. The van der Waals surface area contributed by atoms with E-state index in [1.54, 1.807) is 6.07 Å². The van der Waals surface area contributed by atoms with Crippen LogP contribution in [0.1, 0.15) is 21.5 Å². The summed E-state index contributed by atoms with van der Waals surface area (Å²) in [7, 11) is 1.39. The molecule has 1 atom stereocenters. The van der Waals surface area contributed by atoms with Crippen molar-refractivity contribution in [2.45, 2.75) is 18.1 Å². The van der Waals surface area contributed by atoms with E-state index in [4.69, 9.17) is 9.47 Å². The number of thioether (sulfide) groups is 1. The van der Waals surface area contributed by atoms with Crippen LogP contribution in [-0.4, -0.2) is 49.2 Å². The Kier molecular flexibility index (Phi) is 5.94. The molecule has 2 aliphatic rings. The molecule has 2 aliphatic heterocycles. The van der Waals surface area contributed by atoms with E-state index in [9.17, 15) is 14.4 Å². The normalized spacial score (nSPS) is 17.6. The van der Waals surface area contributed by atoms with Gasteiger partial charge in [-0.2, -0.15) is 0 Å². The van der Waals surface area contributed by atoms with Crippen LogP contribution < -0.4 is 15.0 Å². The number of anilines is 1. The zero-order chi connectivity index (χ0) is 21.1. The second-order valence-electron chi connectivity index (χ2n) is 7.12. The lowest BCUT2D eigenvalue weighted by molar-refractivity contribution is -0.118. The van der Waals surface area contributed by atoms with Gasteiger partial charge < -0.3 is 14.4 Å². The third-order valence-corrected chi connectivity index (χ3v) is 6.21. The summed E-state index contributed by atoms with van der Waals surface area (Å²) in [5.74, 6) is 0.174. The molecular formula is C22H22N2O5S. The van der Waals surface area contributed by atoms with E-state index in [1.165, 1.54) is 7.11 Å². The van der Waals surface area contributed by atoms with Crippen LogP contribution in [0.4, 0.5) is 10.5 Å². The molecule has 0 radical (unpaired) electrons. The highest BCUT2D eigenvalue weighted by molar-refractivity contribution is 8.15. The number of methoxy groups -OCH3 is 1. The molecule has 0 saturated carbocycles. The lowest BCUT2D eigenvalue weighted by atomic mass is 10.1. The molecule has 2 heterocycles. The summed E-state index contributed by atoms with van der Waals surface area (Å²) in [5.41, 5.74) is 3.64. The fourth-order valence-electron chi connectivity index (χ4n) is 3.77. The zero-order valence-electron chi connectivity index (χ0n) is 16.6. The van der Waals surface area contributed by atoms with Crippen molar-refractivity contribution in [2.75, 3.05) is 31.7 Å². The summed E-state index contributed by atoms with van der Waals surface area (Å²) in [4.78, 5) is 37.2. The lowest BCUT2D eigenvalue weighted by Crippen LogP contribution is -2.27. The Morgan fingerprint density at radius 3 is 2.70 bits per heavy atom. The number of imide groups is 1. The molecule has 2 aromatic rings. The number of benzene rings is 2. The number of rotatable bonds is 7. The standard InChI is InChI=1S/C22H22N2O5S/c1-28-21(26)17-4-2-3-15-9-10-24(19(15)17)11-12-29-16-7-5-14(6-8-16)13-18-20(25)23-22(27)30-18/h2-8,18H,9-13H2,1H3,(H,23,25,27). The van der Waals surface area contributed by atoms with Gasteiger partial charge in [-0.05, 0) is 42.2 Å². The quantitative estimate of drug-likeness (QED) is 0.682. The van der Waals surface area contributed by atoms with Crippen molar-refractivity contribution in [1.29, 1.82) is 0 Å². The summed E-state index contributed by atoms with van der Waals surface area (Å²) in [6.45, 7) is 1.97. The molecule has 1 unspecified atom stereocenters. The SMILES string of the molecule is COC(=O)c1cccc2c1N(CCOc1ccc(CC3SC(=O)NC3=O)cc1)CC2. The summed E-state index contributed by atoms with van der Waals surface area (Å²) >= 11 is 1.03. The molecule has 1 N–H and O–H groups in total. The van der Waals surface area contributed by atoms with Crippen LogP contribution in [-0.2, 0) is 22.4 Å². The van der Waals surface area contributed by atoms with Crippen LogP contribution in [0, 0.1) is 0 Å². The first-order valence-electron chi connectivity index (χ1n) is 9.73. The van der Waals surface area contributed by atoms with Gasteiger partial charge in [0.15, 0.2) is 0 Å². The Balaban J connectivity index is 1.32. The highest BCUT2D eigenvalue weighted by Gasteiger charge is 2.31. The predicted molar refractivity (Wildman–Crippen MR) is 114 cm³/mol. The summed E-state index contributed by atoms with van der Waals surface area (Å²) in [6.07, 6.45) is 1.40. The minimum atomic E-state index is -0.372. The molecule has 1 saturated heterocycles. The van der Waals surface area contributed by atoms with Gasteiger partial charge in [0.2, 0.25) is 5.91 Å². The highest BCUT2D eigenvalue weighted by atomic mass is 32.2. The van der Waals surface area contributed by atoms with E-state index in [-0.39, 0.29) is 22.4 Å². The number of ether oxygens (including phenoxy) is 2. The van der Waals surface area contributed by atoms with Gasteiger partial charge in [0.25, 0.3) is 5.24 Å². The smallest absolute Gasteiger partial charge is 0.339 e. The van der Waals surface area contributed by atoms with Crippen LogP contribution in [0.3, 0.4) is 0 Å². The Hall–Kier alpha value is -3.00. The number of amides is 2. The fourth-order valence-corrected chi connectivity index (χ4v) is 4.63. The van der Waals surface area contributed by atoms with Gasteiger partial charge in [-0.1, -0.05) is 36.0 Å². The summed E-state index contributed by atoms with van der Waals surface area (Å²) in [6, 6.07) is 13.3. The summed E-state index contributed by atoms with van der Waals surface area (Å²) < 4.78 is 10.8. The number of carbonyl (C=O) groups is 3. The number of fused-ring (bicyclic) bond motifs is 1. The first kappa shape index (κ1) is 20.3. The maximum absolute atomic E-state index is 12.1. The molecule has 0 spiro atoms. The second kappa shape index (κ2) is 8.79. The Morgan fingerprint density at radius 1 is 1.20 bits per heavy atom. The molecule has 2 aromatic carbocycles. The molecule has 2 amide bonds. The molecule has 0 bridgehead atoms. The van der Waals surface area contributed by atoms with Crippen molar-refractivity contribution < 1.29 is 23.9 Å². The highest BCUT2D eigenvalue weighted by Crippen LogP contribution is 2.32. The van der Waals surface area contributed by atoms with Crippen molar-refractivity contribution in [3.8, 4) is 5.75 Å². The molecule has 156 valence electrons. The maximum atomic E-state index is 12.1. The Bertz CT molecular complexity index is 976. The third kappa shape index (κ3) is 4.28. The Morgan fingerprint density at radius 2 is 2.00 bits per heavy atom. The predicted octanol–water partition coefficient (Wildman–Crippen LogP) is 2.81. The molecule has 8 heteroatoms. The Labute approximate surface area is 178 Å². The fraction of sp³-hybridized carbons (Fsp3) is 0.318. The number of hydrogen-bond acceptors (Lipinski definition) is 7. The van der Waals surface area contributed by atoms with Gasteiger partial charge in [0, 0.05) is 6.54 Å². The van der Waals surface area contributed by atoms with Crippen molar-refractivity contribution in [1.82, 2.24) is 5.32 Å². The van der Waals surface area contributed by atoms with Crippen LogP contribution >= 0.6 is 11.8 Å². The van der Waals surface area contributed by atoms with Gasteiger partial charge in [0.05, 0.1) is 30.2 Å². The van der Waals surface area contributed by atoms with Crippen LogP contribution in [0.15, 0.2) is 42.5 Å². The van der Waals surface area contributed by atoms with E-state index in [1.807, 2.05) is 36.4 Å². The van der Waals surface area contributed by atoms with Crippen molar-refractivity contribution in [3.63, 3.8) is 0 Å². The van der Waals surface area contributed by atoms with Gasteiger partial charge in [0.1, 0.15) is 12.4 Å². The number of carbonyl (C=O) groups excluding carboxylic acids is 3. The lowest BCUT2D eigenvalue weighted by Gasteiger charge is -2.21. The summed E-state index contributed by atoms with van der Waals surface area (Å²) in [5, 5.41) is 1.64. The average molecular weight is 426 g/mol.